The lowest BCUT2D eigenvalue weighted by Crippen LogP contribution is -2.42. The van der Waals surface area contributed by atoms with Crippen LogP contribution in [0.25, 0.3) is 0 Å². The minimum atomic E-state index is 0.610. The first-order valence-corrected chi connectivity index (χ1v) is 11.3. The molecule has 0 radical (unpaired) electrons. The van der Waals surface area contributed by atoms with Crippen LogP contribution in [0.2, 0.25) is 0 Å². The van der Waals surface area contributed by atoms with Gasteiger partial charge in [-0.2, -0.15) is 12.6 Å². The van der Waals surface area contributed by atoms with Crippen LogP contribution in [0.5, 0.6) is 0 Å². The molecule has 0 aromatic heterocycles. The average Bonchev–Trinajstić information content (AvgIpc) is 2.31. The van der Waals surface area contributed by atoms with Crippen molar-refractivity contribution in [3.05, 3.63) is 0 Å². The highest BCUT2D eigenvalue weighted by Gasteiger charge is 2.50. The lowest BCUT2D eigenvalue weighted by Gasteiger charge is -2.53. The monoisotopic (exact) mass is 348 g/mol. The van der Waals surface area contributed by atoms with Gasteiger partial charge < -0.3 is 0 Å². The molecule has 1 saturated carbocycles. The smallest absolute Gasteiger partial charge is 0.0530 e. The van der Waals surface area contributed by atoms with Gasteiger partial charge >= 0.3 is 0 Å². The molecule has 0 unspecified atom stereocenters. The van der Waals surface area contributed by atoms with E-state index in [0.29, 0.717) is 10.7 Å². The van der Waals surface area contributed by atoms with Crippen LogP contribution < -0.4 is 0 Å². The second kappa shape index (κ2) is 6.13. The molecule has 5 rings (SSSR count). The van der Waals surface area contributed by atoms with Gasteiger partial charge in [-0.15, -0.1) is 35.3 Å². The lowest BCUT2D eigenvalue weighted by atomic mass is 9.77. The van der Waals surface area contributed by atoms with Crippen LogP contribution >= 0.6 is 47.9 Å². The molecule has 5 fully saturated rings. The van der Waals surface area contributed by atoms with Crippen LogP contribution in [0.4, 0.5) is 0 Å². The maximum atomic E-state index is 4.44. The Morgan fingerprint density at radius 3 is 1.50 bits per heavy atom. The number of hydrogen-bond acceptors (Lipinski definition) is 4. The first-order valence-electron chi connectivity index (χ1n) is 7.98. The summed E-state index contributed by atoms with van der Waals surface area (Å²) in [5.74, 6) is 0. The Balaban J connectivity index is 0.000000124. The fourth-order valence-electron chi connectivity index (χ4n) is 3.73. The van der Waals surface area contributed by atoms with Crippen LogP contribution in [-0.2, 0) is 0 Å². The Hall–Kier alpha value is 1.40. The van der Waals surface area contributed by atoms with Crippen LogP contribution in [0, 0.1) is 10.8 Å². The molecule has 4 saturated heterocycles. The zero-order chi connectivity index (χ0) is 14.4. The van der Waals surface area contributed by atoms with Crippen molar-refractivity contribution in [2.75, 3.05) is 0 Å². The molecule has 4 heterocycles. The van der Waals surface area contributed by atoms with Crippen molar-refractivity contribution in [3.8, 4) is 0 Å². The van der Waals surface area contributed by atoms with Gasteiger partial charge in [-0.05, 0) is 55.8 Å². The van der Waals surface area contributed by atoms with E-state index in [1.165, 1.54) is 44.9 Å². The van der Waals surface area contributed by atoms with Gasteiger partial charge in [-0.25, -0.2) is 0 Å². The van der Waals surface area contributed by atoms with Gasteiger partial charge in [0.15, 0.2) is 0 Å². The third-order valence-corrected chi connectivity index (χ3v) is 10.5. The third kappa shape index (κ3) is 4.02. The molecule has 4 heteroatoms. The largest absolute Gasteiger partial charge is 0.176 e. The Morgan fingerprint density at radius 2 is 1.20 bits per heavy atom. The third-order valence-electron chi connectivity index (χ3n) is 5.20. The molecule has 0 nitrogen and oxygen atoms in total. The van der Waals surface area contributed by atoms with Gasteiger partial charge in [0.2, 0.25) is 0 Å². The highest BCUT2D eigenvalue weighted by Crippen LogP contribution is 2.66. The Morgan fingerprint density at radius 1 is 0.800 bits per heavy atom. The van der Waals surface area contributed by atoms with Gasteiger partial charge in [0, 0.05) is 5.25 Å². The Kier molecular flexibility index (Phi) is 4.98. The van der Waals surface area contributed by atoms with Crippen LogP contribution in [0.15, 0.2) is 0 Å². The molecule has 0 atom stereocenters. The maximum Gasteiger partial charge on any atom is 0.0530 e. The van der Waals surface area contributed by atoms with Crippen molar-refractivity contribution in [2.45, 2.75) is 84.7 Å². The van der Waals surface area contributed by atoms with E-state index in [0.717, 1.165) is 19.2 Å². The fourth-order valence-corrected chi connectivity index (χ4v) is 11.8. The summed E-state index contributed by atoms with van der Waals surface area (Å²) in [6.07, 6.45) is 9.80. The zero-order valence-electron chi connectivity index (χ0n) is 12.9. The van der Waals surface area contributed by atoms with E-state index in [-0.39, 0.29) is 0 Å². The first kappa shape index (κ1) is 16.3. The van der Waals surface area contributed by atoms with Crippen LogP contribution in [-0.4, -0.2) is 19.0 Å². The molecule has 1 aliphatic carbocycles. The van der Waals surface area contributed by atoms with Crippen molar-refractivity contribution >= 4 is 47.9 Å². The molecule has 0 N–H and O–H groups in total. The summed E-state index contributed by atoms with van der Waals surface area (Å²) >= 11 is 11.1. The number of thioether (sulfide) groups is 3. The molecule has 0 aromatic carbocycles. The van der Waals surface area contributed by atoms with Gasteiger partial charge in [0.1, 0.15) is 0 Å². The quantitative estimate of drug-likeness (QED) is 0.513. The molecule has 0 amide bonds. The second-order valence-electron chi connectivity index (χ2n) is 8.02. The Bertz CT molecular complexity index is 307. The maximum absolute atomic E-state index is 4.44. The minimum Gasteiger partial charge on any atom is -0.176 e. The van der Waals surface area contributed by atoms with Crippen molar-refractivity contribution < 1.29 is 0 Å². The van der Waals surface area contributed by atoms with Crippen molar-refractivity contribution in [2.24, 2.45) is 10.8 Å². The predicted molar refractivity (Wildman–Crippen MR) is 101 cm³/mol. The molecule has 4 aliphatic heterocycles. The molecule has 4 bridgehead atoms. The van der Waals surface area contributed by atoms with Gasteiger partial charge in [0.25, 0.3) is 0 Å². The summed E-state index contributed by atoms with van der Waals surface area (Å²) in [4.78, 5) is 0. The van der Waals surface area contributed by atoms with E-state index >= 15 is 0 Å². The number of rotatable bonds is 0. The van der Waals surface area contributed by atoms with E-state index in [4.69, 9.17) is 0 Å². The van der Waals surface area contributed by atoms with Gasteiger partial charge in [0.05, 0.1) is 13.7 Å². The van der Waals surface area contributed by atoms with Crippen molar-refractivity contribution in [3.63, 3.8) is 0 Å². The van der Waals surface area contributed by atoms with E-state index < -0.39 is 0 Å². The zero-order valence-corrected chi connectivity index (χ0v) is 16.3. The molecule has 20 heavy (non-hydrogen) atoms. The summed E-state index contributed by atoms with van der Waals surface area (Å²) in [5.41, 5.74) is 1.35. The summed E-state index contributed by atoms with van der Waals surface area (Å²) < 4.78 is 2.87. The number of thiol groups is 1. The SMILES string of the molecule is CC1(C)CCC(S)CC1.CC12CC3SC(C1)SC(C2)S3. The van der Waals surface area contributed by atoms with Gasteiger partial charge in [-0.1, -0.05) is 20.8 Å². The van der Waals surface area contributed by atoms with Crippen molar-refractivity contribution in [1.82, 2.24) is 0 Å². The predicted octanol–water partition coefficient (Wildman–Crippen LogP) is 6.27. The molecule has 0 spiro atoms. The normalized spacial score (nSPS) is 45.9. The highest BCUT2D eigenvalue weighted by atomic mass is 32.3. The van der Waals surface area contributed by atoms with Crippen LogP contribution in [0.1, 0.15) is 65.7 Å². The Labute approximate surface area is 143 Å². The van der Waals surface area contributed by atoms with E-state index in [1.54, 1.807) is 0 Å². The van der Waals surface area contributed by atoms with Crippen molar-refractivity contribution in [1.29, 1.82) is 0 Å². The molecule has 5 aliphatic rings. The molecule has 0 aromatic rings. The average molecular weight is 349 g/mol. The summed E-state index contributed by atoms with van der Waals surface area (Å²) in [7, 11) is 0. The minimum absolute atomic E-state index is 0.610. The van der Waals surface area contributed by atoms with Gasteiger partial charge in [-0.3, -0.25) is 0 Å². The molecular weight excluding hydrogens is 320 g/mol. The molecular formula is C16H28S4. The van der Waals surface area contributed by atoms with E-state index in [9.17, 15) is 0 Å². The lowest BCUT2D eigenvalue weighted by molar-refractivity contribution is 0.250. The van der Waals surface area contributed by atoms with E-state index in [2.05, 4.69) is 68.7 Å². The van der Waals surface area contributed by atoms with E-state index in [1.807, 2.05) is 0 Å². The first-order chi connectivity index (χ1) is 9.34. The summed E-state index contributed by atoms with van der Waals surface area (Å²) in [6, 6.07) is 0. The second-order valence-corrected chi connectivity index (χ2v) is 13.9. The van der Waals surface area contributed by atoms with Crippen LogP contribution in [0.3, 0.4) is 0 Å². The summed E-state index contributed by atoms with van der Waals surface area (Å²) in [5, 5.41) is 0.693. The number of hydrogen-bond donors (Lipinski definition) is 1. The standard InChI is InChI=1S/C8H12S3.C8H16S/c1-8-2-5-9-6(3-8)11-7(4-8)10-5;1-8(2)5-3-7(9)4-6-8/h5-7H,2-4H2,1H3;7,9H,3-6H2,1-2H3. The molecule has 116 valence electrons. The topological polar surface area (TPSA) is 0 Å². The highest BCUT2D eigenvalue weighted by molar-refractivity contribution is 8.33. The summed E-state index contributed by atoms with van der Waals surface area (Å²) in [6.45, 7) is 7.21. The fraction of sp³-hybridized carbons (Fsp3) is 1.00.